The molecule has 0 saturated carbocycles. The number of anilines is 1. The van der Waals surface area contributed by atoms with Crippen LogP contribution >= 0.6 is 12.4 Å². The van der Waals surface area contributed by atoms with Crippen LogP contribution in [0.2, 0.25) is 0 Å². The summed E-state index contributed by atoms with van der Waals surface area (Å²) in [4.78, 5) is 0. The SMILES string of the molecule is Cl.Nc1ccc(Oc2cccc(C(F)(F)F)c2)cc1C(F)(F)F. The fourth-order valence-corrected chi connectivity index (χ4v) is 1.72. The minimum Gasteiger partial charge on any atom is -0.457 e. The first kappa shape index (κ1) is 19.0. The molecule has 0 unspecified atom stereocenters. The quantitative estimate of drug-likeness (QED) is 0.567. The molecule has 9 heteroatoms. The minimum absolute atomic E-state index is 0. The Kier molecular flexibility index (Phi) is 5.42. The van der Waals surface area contributed by atoms with Gasteiger partial charge >= 0.3 is 12.4 Å². The largest absolute Gasteiger partial charge is 0.457 e. The van der Waals surface area contributed by atoms with Crippen molar-refractivity contribution in [3.05, 3.63) is 53.6 Å². The minimum atomic E-state index is -4.68. The summed E-state index contributed by atoms with van der Waals surface area (Å²) in [6, 6.07) is 6.59. The number of alkyl halides is 6. The maximum Gasteiger partial charge on any atom is 0.418 e. The smallest absolute Gasteiger partial charge is 0.418 e. The van der Waals surface area contributed by atoms with Gasteiger partial charge in [-0.2, -0.15) is 26.3 Å². The predicted molar refractivity (Wildman–Crippen MR) is 74.6 cm³/mol. The summed E-state index contributed by atoms with van der Waals surface area (Å²) in [7, 11) is 0. The molecule has 0 atom stereocenters. The van der Waals surface area contributed by atoms with E-state index in [1.807, 2.05) is 0 Å². The molecule has 0 aromatic heterocycles. The lowest BCUT2D eigenvalue weighted by molar-refractivity contribution is -0.138. The zero-order valence-corrected chi connectivity index (χ0v) is 12.0. The first-order chi connectivity index (χ1) is 10.1. The normalized spacial score (nSPS) is 11.7. The second kappa shape index (κ2) is 6.57. The van der Waals surface area contributed by atoms with Crippen LogP contribution in [0.3, 0.4) is 0 Å². The van der Waals surface area contributed by atoms with E-state index in [1.165, 1.54) is 6.07 Å². The average Bonchev–Trinajstić information content (AvgIpc) is 2.39. The van der Waals surface area contributed by atoms with Crippen molar-refractivity contribution in [2.75, 3.05) is 5.73 Å². The number of ether oxygens (including phenoxy) is 1. The zero-order chi connectivity index (χ0) is 16.5. The summed E-state index contributed by atoms with van der Waals surface area (Å²) in [6.45, 7) is 0. The molecule has 0 spiro atoms. The van der Waals surface area contributed by atoms with Crippen LogP contribution in [-0.2, 0) is 12.4 Å². The second-order valence-electron chi connectivity index (χ2n) is 4.37. The van der Waals surface area contributed by atoms with E-state index in [2.05, 4.69) is 0 Å². The van der Waals surface area contributed by atoms with Crippen molar-refractivity contribution in [3.63, 3.8) is 0 Å². The Labute approximate surface area is 133 Å². The van der Waals surface area contributed by atoms with Crippen molar-refractivity contribution >= 4 is 18.1 Å². The summed E-state index contributed by atoms with van der Waals surface area (Å²) in [5.74, 6) is -0.492. The molecule has 126 valence electrons. The molecule has 0 saturated heterocycles. The van der Waals surface area contributed by atoms with E-state index in [1.54, 1.807) is 0 Å². The first-order valence-electron chi connectivity index (χ1n) is 5.89. The Morgan fingerprint density at radius 3 is 1.96 bits per heavy atom. The van der Waals surface area contributed by atoms with Crippen LogP contribution in [0, 0.1) is 0 Å². The van der Waals surface area contributed by atoms with E-state index in [4.69, 9.17) is 10.5 Å². The molecule has 0 heterocycles. The molecule has 2 nitrogen and oxygen atoms in total. The number of rotatable bonds is 2. The van der Waals surface area contributed by atoms with Crippen molar-refractivity contribution in [1.29, 1.82) is 0 Å². The van der Waals surface area contributed by atoms with Gasteiger partial charge in [0.1, 0.15) is 11.5 Å². The lowest BCUT2D eigenvalue weighted by Crippen LogP contribution is -2.09. The Balaban J connectivity index is 0.00000264. The number of benzene rings is 2. The molecule has 2 rings (SSSR count). The Morgan fingerprint density at radius 2 is 1.39 bits per heavy atom. The van der Waals surface area contributed by atoms with Gasteiger partial charge in [0.25, 0.3) is 0 Å². The zero-order valence-electron chi connectivity index (χ0n) is 11.2. The summed E-state index contributed by atoms with van der Waals surface area (Å²) in [5, 5.41) is 0. The number of nitrogens with two attached hydrogens (primary N) is 1. The van der Waals surface area contributed by atoms with Crippen LogP contribution in [0.5, 0.6) is 11.5 Å². The third kappa shape index (κ3) is 4.69. The maximum absolute atomic E-state index is 12.7. The van der Waals surface area contributed by atoms with Gasteiger partial charge in [0.05, 0.1) is 11.1 Å². The summed E-state index contributed by atoms with van der Waals surface area (Å²) in [5.41, 5.74) is 2.65. The van der Waals surface area contributed by atoms with Gasteiger partial charge in [0.2, 0.25) is 0 Å². The van der Waals surface area contributed by atoms with Gasteiger partial charge in [0.15, 0.2) is 0 Å². The van der Waals surface area contributed by atoms with E-state index >= 15 is 0 Å². The molecular formula is C14H10ClF6NO. The van der Waals surface area contributed by atoms with Gasteiger partial charge in [0, 0.05) is 5.69 Å². The number of nitrogen functional groups attached to an aromatic ring is 1. The number of hydrogen-bond acceptors (Lipinski definition) is 2. The molecule has 23 heavy (non-hydrogen) atoms. The van der Waals surface area contributed by atoms with Gasteiger partial charge in [-0.3, -0.25) is 0 Å². The third-order valence-corrected chi connectivity index (χ3v) is 2.73. The molecule has 0 aliphatic carbocycles. The Morgan fingerprint density at radius 1 is 0.783 bits per heavy atom. The molecule has 0 aliphatic rings. The average molecular weight is 358 g/mol. The van der Waals surface area contributed by atoms with Crippen LogP contribution in [0.25, 0.3) is 0 Å². The van der Waals surface area contributed by atoms with Crippen molar-refractivity contribution < 1.29 is 31.1 Å². The van der Waals surface area contributed by atoms with Crippen LogP contribution in [-0.4, -0.2) is 0 Å². The number of halogens is 7. The first-order valence-corrected chi connectivity index (χ1v) is 5.89. The van der Waals surface area contributed by atoms with Gasteiger partial charge in [-0.1, -0.05) is 6.07 Å². The van der Waals surface area contributed by atoms with E-state index in [0.717, 1.165) is 24.3 Å². The van der Waals surface area contributed by atoms with E-state index in [-0.39, 0.29) is 23.9 Å². The van der Waals surface area contributed by atoms with Gasteiger partial charge < -0.3 is 10.5 Å². The highest BCUT2D eigenvalue weighted by Crippen LogP contribution is 2.37. The highest BCUT2D eigenvalue weighted by atomic mass is 35.5. The van der Waals surface area contributed by atoms with Crippen molar-refractivity contribution in [2.45, 2.75) is 12.4 Å². The van der Waals surface area contributed by atoms with Crippen LogP contribution in [0.15, 0.2) is 42.5 Å². The summed E-state index contributed by atoms with van der Waals surface area (Å²) in [6.07, 6.45) is -9.26. The molecule has 0 bridgehead atoms. The fourth-order valence-electron chi connectivity index (χ4n) is 1.72. The number of hydrogen-bond donors (Lipinski definition) is 1. The van der Waals surface area contributed by atoms with E-state index in [9.17, 15) is 26.3 Å². The molecule has 2 aromatic rings. The van der Waals surface area contributed by atoms with E-state index in [0.29, 0.717) is 12.1 Å². The van der Waals surface area contributed by atoms with E-state index < -0.39 is 29.2 Å². The molecule has 0 radical (unpaired) electrons. The van der Waals surface area contributed by atoms with Crippen molar-refractivity contribution in [1.82, 2.24) is 0 Å². The monoisotopic (exact) mass is 357 g/mol. The molecule has 2 aromatic carbocycles. The molecule has 2 N–H and O–H groups in total. The standard InChI is InChI=1S/C14H9F6NO.ClH/c15-13(16,17)8-2-1-3-9(6-8)22-10-4-5-12(21)11(7-10)14(18,19)20;/h1-7H,21H2;1H. The molecule has 0 aliphatic heterocycles. The van der Waals surface area contributed by atoms with Gasteiger partial charge in [-0.05, 0) is 36.4 Å². The predicted octanol–water partition coefficient (Wildman–Crippen LogP) is 5.52. The molecule has 0 amide bonds. The van der Waals surface area contributed by atoms with Crippen molar-refractivity contribution in [2.24, 2.45) is 0 Å². The highest BCUT2D eigenvalue weighted by molar-refractivity contribution is 5.85. The Hall–Kier alpha value is -2.09. The maximum atomic E-state index is 12.7. The molecule has 0 fully saturated rings. The lowest BCUT2D eigenvalue weighted by Gasteiger charge is -2.13. The fraction of sp³-hybridized carbons (Fsp3) is 0.143. The van der Waals surface area contributed by atoms with Crippen LogP contribution in [0.1, 0.15) is 11.1 Å². The Bertz CT molecular complexity index is 684. The lowest BCUT2D eigenvalue weighted by atomic mass is 10.1. The van der Waals surface area contributed by atoms with Crippen LogP contribution < -0.4 is 10.5 Å². The van der Waals surface area contributed by atoms with Crippen LogP contribution in [0.4, 0.5) is 32.0 Å². The summed E-state index contributed by atoms with van der Waals surface area (Å²) < 4.78 is 80.8. The molecular weight excluding hydrogens is 348 g/mol. The second-order valence-corrected chi connectivity index (χ2v) is 4.37. The third-order valence-electron chi connectivity index (χ3n) is 2.73. The van der Waals surface area contributed by atoms with Gasteiger partial charge in [-0.25, -0.2) is 0 Å². The summed E-state index contributed by atoms with van der Waals surface area (Å²) >= 11 is 0. The topological polar surface area (TPSA) is 35.2 Å². The van der Waals surface area contributed by atoms with Crippen molar-refractivity contribution in [3.8, 4) is 11.5 Å². The highest BCUT2D eigenvalue weighted by Gasteiger charge is 2.33. The van der Waals surface area contributed by atoms with Gasteiger partial charge in [-0.15, -0.1) is 12.4 Å².